The fourth-order valence-electron chi connectivity index (χ4n) is 2.44. The van der Waals surface area contributed by atoms with E-state index < -0.39 is 6.10 Å². The summed E-state index contributed by atoms with van der Waals surface area (Å²) < 4.78 is 10.4. The Labute approximate surface area is 100 Å². The van der Waals surface area contributed by atoms with Crippen molar-refractivity contribution in [3.8, 4) is 0 Å². The van der Waals surface area contributed by atoms with Gasteiger partial charge in [-0.05, 0) is 12.3 Å². The van der Waals surface area contributed by atoms with Crippen LogP contribution in [0.5, 0.6) is 0 Å². The van der Waals surface area contributed by atoms with Crippen LogP contribution in [0.25, 0.3) is 0 Å². The molecule has 4 nitrogen and oxygen atoms in total. The maximum Gasteiger partial charge on any atom is 0.196 e. The highest BCUT2D eigenvalue weighted by atomic mass is 16.5. The lowest BCUT2D eigenvalue weighted by atomic mass is 9.82. The summed E-state index contributed by atoms with van der Waals surface area (Å²) in [5, 5.41) is 10.2. The number of methoxy groups -OCH3 is 1. The summed E-state index contributed by atoms with van der Waals surface area (Å²) in [6.45, 7) is 2.25. The van der Waals surface area contributed by atoms with Crippen molar-refractivity contribution in [2.45, 2.75) is 38.9 Å². The van der Waals surface area contributed by atoms with E-state index in [1.807, 2.05) is 6.92 Å². The summed E-state index contributed by atoms with van der Waals surface area (Å²) in [6.07, 6.45) is 3.22. The molecule has 0 radical (unpaired) electrons. The van der Waals surface area contributed by atoms with Gasteiger partial charge in [0.1, 0.15) is 5.76 Å². The first-order valence-corrected chi connectivity index (χ1v) is 5.99. The van der Waals surface area contributed by atoms with Crippen LogP contribution in [0.3, 0.4) is 0 Å². The molecule has 4 heteroatoms. The lowest BCUT2D eigenvalue weighted by molar-refractivity contribution is 0.0830. The molecule has 0 bridgehead atoms. The highest BCUT2D eigenvalue weighted by Gasteiger charge is 2.31. The molecule has 2 atom stereocenters. The van der Waals surface area contributed by atoms with Gasteiger partial charge in [-0.1, -0.05) is 13.3 Å². The molecule has 1 aromatic rings. The zero-order valence-corrected chi connectivity index (χ0v) is 10.2. The smallest absolute Gasteiger partial charge is 0.196 e. The number of aliphatic hydroxyl groups is 1. The van der Waals surface area contributed by atoms with E-state index in [0.717, 1.165) is 19.3 Å². The molecule has 0 spiro atoms. The second kappa shape index (κ2) is 5.02. The first-order valence-electron chi connectivity index (χ1n) is 5.99. The molecule has 94 valence electrons. The molecule has 0 aromatic carbocycles. The topological polar surface area (TPSA) is 59.7 Å². The average Bonchev–Trinajstić information content (AvgIpc) is 2.33. The summed E-state index contributed by atoms with van der Waals surface area (Å²) in [6, 6.07) is 0. The number of ether oxygens (including phenoxy) is 1. The largest absolute Gasteiger partial charge is 0.468 e. The van der Waals surface area contributed by atoms with E-state index in [2.05, 4.69) is 0 Å². The molecular formula is C13H18O4. The first kappa shape index (κ1) is 12.3. The SMILES string of the molecule is CCC1CCc2occ(COC)c(=O)c2C1O. The van der Waals surface area contributed by atoms with Crippen molar-refractivity contribution >= 4 is 0 Å². The molecule has 0 amide bonds. The second-order valence-corrected chi connectivity index (χ2v) is 4.51. The third-order valence-corrected chi connectivity index (χ3v) is 3.49. The minimum atomic E-state index is -0.697. The van der Waals surface area contributed by atoms with E-state index in [0.29, 0.717) is 16.9 Å². The van der Waals surface area contributed by atoms with Crippen LogP contribution in [0.4, 0.5) is 0 Å². The van der Waals surface area contributed by atoms with Gasteiger partial charge >= 0.3 is 0 Å². The van der Waals surface area contributed by atoms with E-state index in [9.17, 15) is 9.90 Å². The van der Waals surface area contributed by atoms with Gasteiger partial charge in [-0.2, -0.15) is 0 Å². The summed E-state index contributed by atoms with van der Waals surface area (Å²) in [5.74, 6) is 0.787. The quantitative estimate of drug-likeness (QED) is 0.872. The van der Waals surface area contributed by atoms with Crippen molar-refractivity contribution in [1.82, 2.24) is 0 Å². The average molecular weight is 238 g/mol. The minimum Gasteiger partial charge on any atom is -0.468 e. The van der Waals surface area contributed by atoms with Crippen LogP contribution in [-0.2, 0) is 17.8 Å². The Bertz CT molecular complexity index is 449. The summed E-state index contributed by atoms with van der Waals surface area (Å²) in [7, 11) is 1.53. The molecule has 0 saturated carbocycles. The van der Waals surface area contributed by atoms with Gasteiger partial charge in [0.15, 0.2) is 5.43 Å². The summed E-state index contributed by atoms with van der Waals surface area (Å²) in [4.78, 5) is 12.2. The number of hydrogen-bond acceptors (Lipinski definition) is 4. The van der Waals surface area contributed by atoms with E-state index in [1.54, 1.807) is 0 Å². The van der Waals surface area contributed by atoms with Crippen molar-refractivity contribution in [1.29, 1.82) is 0 Å². The van der Waals surface area contributed by atoms with Gasteiger partial charge in [0.05, 0.1) is 30.1 Å². The zero-order chi connectivity index (χ0) is 12.4. The van der Waals surface area contributed by atoms with Gasteiger partial charge in [0, 0.05) is 13.5 Å². The highest BCUT2D eigenvalue weighted by Crippen LogP contribution is 2.34. The molecule has 1 N–H and O–H groups in total. The second-order valence-electron chi connectivity index (χ2n) is 4.51. The summed E-state index contributed by atoms with van der Waals surface area (Å²) in [5.41, 5.74) is 0.790. The Kier molecular flexibility index (Phi) is 3.64. The van der Waals surface area contributed by atoms with E-state index in [-0.39, 0.29) is 18.0 Å². The molecule has 0 saturated heterocycles. The van der Waals surface area contributed by atoms with Gasteiger partial charge in [-0.25, -0.2) is 0 Å². The highest BCUT2D eigenvalue weighted by molar-refractivity contribution is 5.27. The van der Waals surface area contributed by atoms with E-state index >= 15 is 0 Å². The number of aryl methyl sites for hydroxylation is 1. The minimum absolute atomic E-state index is 0.126. The van der Waals surface area contributed by atoms with E-state index in [1.165, 1.54) is 13.4 Å². The monoisotopic (exact) mass is 238 g/mol. The Hall–Kier alpha value is -1.13. The standard InChI is InChI=1S/C13H18O4/c1-3-8-4-5-10-11(12(8)14)13(15)9(6-16-2)7-17-10/h7-8,12,14H,3-6H2,1-2H3. The molecular weight excluding hydrogens is 220 g/mol. The Morgan fingerprint density at radius 2 is 2.35 bits per heavy atom. The van der Waals surface area contributed by atoms with Gasteiger partial charge in [0.25, 0.3) is 0 Å². The molecule has 0 aliphatic heterocycles. The van der Waals surface area contributed by atoms with Crippen LogP contribution in [-0.4, -0.2) is 12.2 Å². The zero-order valence-electron chi connectivity index (χ0n) is 10.2. The predicted molar refractivity (Wildman–Crippen MR) is 62.8 cm³/mol. The molecule has 1 aromatic heterocycles. The van der Waals surface area contributed by atoms with Crippen molar-refractivity contribution in [3.05, 3.63) is 33.4 Å². The molecule has 1 aliphatic rings. The van der Waals surface area contributed by atoms with Crippen molar-refractivity contribution in [2.24, 2.45) is 5.92 Å². The molecule has 2 rings (SSSR count). The maximum atomic E-state index is 12.2. The Morgan fingerprint density at radius 3 is 3.00 bits per heavy atom. The van der Waals surface area contributed by atoms with Gasteiger partial charge < -0.3 is 14.3 Å². The Morgan fingerprint density at radius 1 is 1.59 bits per heavy atom. The van der Waals surface area contributed by atoms with Crippen molar-refractivity contribution < 1.29 is 14.3 Å². The van der Waals surface area contributed by atoms with Crippen LogP contribution in [0.1, 0.15) is 42.8 Å². The van der Waals surface area contributed by atoms with Crippen molar-refractivity contribution in [2.75, 3.05) is 7.11 Å². The van der Waals surface area contributed by atoms with Gasteiger partial charge in [-0.15, -0.1) is 0 Å². The fourth-order valence-corrected chi connectivity index (χ4v) is 2.44. The molecule has 1 heterocycles. The lowest BCUT2D eigenvalue weighted by Gasteiger charge is -2.27. The maximum absolute atomic E-state index is 12.2. The number of aliphatic hydroxyl groups excluding tert-OH is 1. The van der Waals surface area contributed by atoms with Crippen LogP contribution < -0.4 is 5.43 Å². The van der Waals surface area contributed by atoms with Crippen LogP contribution >= 0.6 is 0 Å². The molecule has 17 heavy (non-hydrogen) atoms. The van der Waals surface area contributed by atoms with Crippen molar-refractivity contribution in [3.63, 3.8) is 0 Å². The fraction of sp³-hybridized carbons (Fsp3) is 0.615. The number of fused-ring (bicyclic) bond motifs is 1. The van der Waals surface area contributed by atoms with Gasteiger partial charge in [-0.3, -0.25) is 4.79 Å². The normalized spacial score (nSPS) is 23.5. The first-order chi connectivity index (χ1) is 8.19. The van der Waals surface area contributed by atoms with E-state index in [4.69, 9.17) is 9.15 Å². The lowest BCUT2D eigenvalue weighted by Crippen LogP contribution is -2.28. The van der Waals surface area contributed by atoms with Gasteiger partial charge in [0.2, 0.25) is 0 Å². The predicted octanol–water partition coefficient (Wildman–Crippen LogP) is 1.79. The van der Waals surface area contributed by atoms with Crippen LogP contribution in [0.2, 0.25) is 0 Å². The third-order valence-electron chi connectivity index (χ3n) is 3.49. The Balaban J connectivity index is 2.46. The molecule has 0 fully saturated rings. The van der Waals surface area contributed by atoms with Crippen LogP contribution in [0.15, 0.2) is 15.5 Å². The number of rotatable bonds is 3. The number of hydrogen-bond donors (Lipinski definition) is 1. The third kappa shape index (κ3) is 2.15. The summed E-state index contributed by atoms with van der Waals surface area (Å²) >= 11 is 0. The van der Waals surface area contributed by atoms with Crippen LogP contribution in [0, 0.1) is 5.92 Å². The molecule has 2 unspecified atom stereocenters. The molecule has 1 aliphatic carbocycles.